The second kappa shape index (κ2) is 10.7. The third kappa shape index (κ3) is 5.88. The largest absolute Gasteiger partial charge is 0.490 e. The zero-order chi connectivity index (χ0) is 24.1. The predicted octanol–water partition coefficient (Wildman–Crippen LogP) is 4.48. The van der Waals surface area contributed by atoms with E-state index in [0.717, 1.165) is 37.9 Å². The van der Waals surface area contributed by atoms with Crippen molar-refractivity contribution in [3.63, 3.8) is 0 Å². The van der Waals surface area contributed by atoms with Gasteiger partial charge in [0.2, 0.25) is 5.91 Å². The maximum atomic E-state index is 13.7. The van der Waals surface area contributed by atoms with Crippen LogP contribution in [-0.2, 0) is 9.53 Å². The van der Waals surface area contributed by atoms with E-state index in [2.05, 4.69) is 0 Å². The Morgan fingerprint density at radius 2 is 1.88 bits per heavy atom. The van der Waals surface area contributed by atoms with Gasteiger partial charge < -0.3 is 19.3 Å². The van der Waals surface area contributed by atoms with Crippen molar-refractivity contribution in [1.82, 2.24) is 9.80 Å². The van der Waals surface area contributed by atoms with Crippen LogP contribution in [0.25, 0.3) is 0 Å². The molecule has 0 aliphatic carbocycles. The van der Waals surface area contributed by atoms with Crippen molar-refractivity contribution in [2.75, 3.05) is 39.4 Å². The van der Waals surface area contributed by atoms with E-state index in [9.17, 15) is 14.0 Å². The molecule has 2 aromatic carbocycles. The van der Waals surface area contributed by atoms with Gasteiger partial charge in [0.15, 0.2) is 0 Å². The Hall–Kier alpha value is -2.64. The summed E-state index contributed by atoms with van der Waals surface area (Å²) in [5.41, 5.74) is 0.140. The van der Waals surface area contributed by atoms with Crippen LogP contribution in [0.4, 0.5) is 4.39 Å². The zero-order valence-electron chi connectivity index (χ0n) is 19.4. The van der Waals surface area contributed by atoms with Gasteiger partial charge in [-0.1, -0.05) is 17.7 Å². The lowest BCUT2D eigenvalue weighted by atomic mass is 9.95. The Balaban J connectivity index is 1.54. The Labute approximate surface area is 204 Å². The third-order valence-corrected chi connectivity index (χ3v) is 6.84. The first-order valence-corrected chi connectivity index (χ1v) is 12.1. The second-order valence-electron chi connectivity index (χ2n) is 9.09. The van der Waals surface area contributed by atoms with Crippen molar-refractivity contribution in [2.24, 2.45) is 0 Å². The number of piperidine rings is 1. The van der Waals surface area contributed by atoms with Gasteiger partial charge in [0.1, 0.15) is 23.8 Å². The van der Waals surface area contributed by atoms with Gasteiger partial charge in [-0.15, -0.1) is 0 Å². The first-order chi connectivity index (χ1) is 16.3. The molecule has 2 aromatic rings. The minimum Gasteiger partial charge on any atom is -0.490 e. The molecule has 0 aromatic heterocycles. The van der Waals surface area contributed by atoms with Gasteiger partial charge >= 0.3 is 0 Å². The number of amides is 2. The molecule has 0 saturated carbocycles. The number of rotatable bonds is 6. The fraction of sp³-hybridized carbons (Fsp3) is 0.462. The normalized spacial score (nSPS) is 20.8. The zero-order valence-corrected chi connectivity index (χ0v) is 20.2. The molecule has 0 N–H and O–H groups in total. The van der Waals surface area contributed by atoms with Gasteiger partial charge in [0.25, 0.3) is 5.91 Å². The minimum atomic E-state index is -1.01. The number of aryl methyl sites for hydroxylation is 1. The van der Waals surface area contributed by atoms with Crippen LogP contribution in [0.5, 0.6) is 5.75 Å². The molecule has 2 aliphatic heterocycles. The molecule has 0 spiro atoms. The molecule has 2 heterocycles. The van der Waals surface area contributed by atoms with Crippen LogP contribution in [-0.4, -0.2) is 66.6 Å². The first kappa shape index (κ1) is 24.5. The number of hydrogen-bond donors (Lipinski definition) is 0. The van der Waals surface area contributed by atoms with Gasteiger partial charge in [0, 0.05) is 30.2 Å². The summed E-state index contributed by atoms with van der Waals surface area (Å²) in [6.07, 6.45) is 3.21. The van der Waals surface area contributed by atoms with E-state index in [0.29, 0.717) is 17.3 Å². The van der Waals surface area contributed by atoms with Crippen LogP contribution in [0.3, 0.4) is 0 Å². The highest BCUT2D eigenvalue weighted by Gasteiger charge is 2.42. The van der Waals surface area contributed by atoms with Crippen LogP contribution >= 0.6 is 11.6 Å². The fourth-order valence-electron chi connectivity index (χ4n) is 4.52. The molecule has 2 amide bonds. The van der Waals surface area contributed by atoms with E-state index in [1.807, 2.05) is 17.9 Å². The topological polar surface area (TPSA) is 59.1 Å². The van der Waals surface area contributed by atoms with E-state index in [1.165, 1.54) is 18.2 Å². The number of morpholine rings is 1. The highest BCUT2D eigenvalue weighted by molar-refractivity contribution is 6.31. The van der Waals surface area contributed by atoms with Gasteiger partial charge in [-0.05, 0) is 68.1 Å². The number of halogens is 2. The van der Waals surface area contributed by atoms with Crippen molar-refractivity contribution >= 4 is 23.4 Å². The molecule has 2 aliphatic rings. The van der Waals surface area contributed by atoms with Gasteiger partial charge in [-0.2, -0.15) is 0 Å². The molecule has 34 heavy (non-hydrogen) atoms. The average Bonchev–Trinajstić information content (AvgIpc) is 2.85. The summed E-state index contributed by atoms with van der Waals surface area (Å²) in [7, 11) is 0. The van der Waals surface area contributed by atoms with Crippen molar-refractivity contribution in [3.8, 4) is 5.75 Å². The second-order valence-corrected chi connectivity index (χ2v) is 9.49. The molecule has 1 atom stereocenters. The lowest BCUT2D eigenvalue weighted by molar-refractivity contribution is -0.153. The Morgan fingerprint density at radius 3 is 2.62 bits per heavy atom. The monoisotopic (exact) mass is 488 g/mol. The maximum absolute atomic E-state index is 13.7. The molecule has 6 nitrogen and oxygen atoms in total. The quantitative estimate of drug-likeness (QED) is 0.601. The van der Waals surface area contributed by atoms with E-state index in [4.69, 9.17) is 21.1 Å². The Kier molecular flexibility index (Phi) is 7.73. The number of hydrogen-bond acceptors (Lipinski definition) is 4. The van der Waals surface area contributed by atoms with Crippen LogP contribution in [0.1, 0.15) is 41.6 Å². The Bertz CT molecular complexity index is 1040. The molecule has 0 radical (unpaired) electrons. The lowest BCUT2D eigenvalue weighted by Crippen LogP contribution is -2.58. The molecule has 8 heteroatoms. The number of nitrogens with zero attached hydrogens (tertiary/aromatic N) is 2. The molecule has 0 bridgehead atoms. The number of carbonyl (C=O) groups excluding carboxylic acids is 2. The number of carbonyl (C=O) groups is 2. The van der Waals surface area contributed by atoms with Crippen LogP contribution in [0, 0.1) is 12.7 Å². The molecule has 2 fully saturated rings. The fourth-order valence-corrected chi connectivity index (χ4v) is 4.64. The van der Waals surface area contributed by atoms with Crippen molar-refractivity contribution < 1.29 is 23.5 Å². The van der Waals surface area contributed by atoms with Gasteiger partial charge in [-0.25, -0.2) is 4.39 Å². The van der Waals surface area contributed by atoms with Crippen LogP contribution in [0.2, 0.25) is 5.02 Å². The van der Waals surface area contributed by atoms with E-state index >= 15 is 0 Å². The highest BCUT2D eigenvalue weighted by Crippen LogP contribution is 2.28. The number of likely N-dealkylation sites (tertiary alicyclic amines) is 1. The molecule has 2 saturated heterocycles. The summed E-state index contributed by atoms with van der Waals surface area (Å²) in [4.78, 5) is 29.8. The minimum absolute atomic E-state index is 0.00404. The number of ether oxygens (including phenoxy) is 2. The molecular weight excluding hydrogens is 459 g/mol. The van der Waals surface area contributed by atoms with E-state index in [-0.39, 0.29) is 43.6 Å². The summed E-state index contributed by atoms with van der Waals surface area (Å²) in [6, 6.07) is 11.0. The lowest BCUT2D eigenvalue weighted by Gasteiger charge is -2.43. The molecular formula is C26H30ClFN2O4. The Morgan fingerprint density at radius 1 is 1.09 bits per heavy atom. The highest BCUT2D eigenvalue weighted by atomic mass is 35.5. The number of benzene rings is 2. The third-order valence-electron chi connectivity index (χ3n) is 6.42. The first-order valence-electron chi connectivity index (χ1n) is 11.7. The van der Waals surface area contributed by atoms with Gasteiger partial charge in [-0.3, -0.25) is 9.59 Å². The maximum Gasteiger partial charge on any atom is 0.254 e. The summed E-state index contributed by atoms with van der Waals surface area (Å²) >= 11 is 6.13. The molecule has 0 unspecified atom stereocenters. The summed E-state index contributed by atoms with van der Waals surface area (Å²) in [5.74, 6) is -0.147. The van der Waals surface area contributed by atoms with Gasteiger partial charge in [0.05, 0.1) is 19.6 Å². The standard InChI is InChI=1S/C26H30ClFN2O4/c1-19-14-22(8-9-23(19)27)33-18-26(16-24(31)29-10-3-2-4-11-29)17-30(12-13-34-26)25(32)20-6-5-7-21(28)15-20/h5-9,14-15H,2-4,10-13,16-18H2,1H3/t26-/m0/s1. The molecule has 182 valence electrons. The SMILES string of the molecule is Cc1cc(OC[C@]2(CC(=O)N3CCCCC3)CN(C(=O)c3cccc(F)c3)CCO2)ccc1Cl. The van der Waals surface area contributed by atoms with Crippen molar-refractivity contribution in [1.29, 1.82) is 0 Å². The summed E-state index contributed by atoms with van der Waals surface area (Å²) in [6.45, 7) is 4.25. The van der Waals surface area contributed by atoms with Crippen molar-refractivity contribution in [3.05, 3.63) is 64.4 Å². The summed E-state index contributed by atoms with van der Waals surface area (Å²) in [5, 5.41) is 0.642. The summed E-state index contributed by atoms with van der Waals surface area (Å²) < 4.78 is 26.0. The average molecular weight is 489 g/mol. The van der Waals surface area contributed by atoms with E-state index in [1.54, 1.807) is 23.1 Å². The van der Waals surface area contributed by atoms with Crippen LogP contribution < -0.4 is 4.74 Å². The predicted molar refractivity (Wildman–Crippen MR) is 128 cm³/mol. The van der Waals surface area contributed by atoms with Crippen LogP contribution in [0.15, 0.2) is 42.5 Å². The smallest absolute Gasteiger partial charge is 0.254 e. The van der Waals surface area contributed by atoms with Crippen molar-refractivity contribution in [2.45, 2.75) is 38.2 Å². The molecule has 4 rings (SSSR count). The van der Waals surface area contributed by atoms with E-state index < -0.39 is 11.4 Å².